The molecule has 0 bridgehead atoms. The van der Waals surface area contributed by atoms with Crippen LogP contribution in [0, 0.1) is 0 Å². The van der Waals surface area contributed by atoms with Crippen molar-refractivity contribution in [1.29, 1.82) is 0 Å². The van der Waals surface area contributed by atoms with Crippen molar-refractivity contribution in [2.24, 2.45) is 0 Å². The van der Waals surface area contributed by atoms with Crippen molar-refractivity contribution in [2.75, 3.05) is 0 Å². The highest BCUT2D eigenvalue weighted by molar-refractivity contribution is 6.36. The summed E-state index contributed by atoms with van der Waals surface area (Å²) in [4.78, 5) is 12.2. The van der Waals surface area contributed by atoms with Crippen LogP contribution in [-0.4, -0.2) is 15.6 Å². The van der Waals surface area contributed by atoms with Gasteiger partial charge in [-0.05, 0) is 31.2 Å². The number of ketones is 1. The first-order valence-corrected chi connectivity index (χ1v) is 5.83. The van der Waals surface area contributed by atoms with Crippen LogP contribution in [0.1, 0.15) is 23.3 Å². The average Bonchev–Trinajstić information content (AvgIpc) is 2.80. The van der Waals surface area contributed by atoms with E-state index in [1.165, 1.54) is 0 Å². The highest BCUT2D eigenvalue weighted by atomic mass is 35.5. The first kappa shape index (κ1) is 12.1. The third kappa shape index (κ3) is 2.51. The van der Waals surface area contributed by atoms with Gasteiger partial charge in [0.1, 0.15) is 6.04 Å². The largest absolute Gasteiger partial charge is 0.292 e. The molecule has 0 aliphatic heterocycles. The molecule has 0 saturated heterocycles. The number of carbonyl (C=O) groups is 1. The van der Waals surface area contributed by atoms with Crippen LogP contribution in [-0.2, 0) is 0 Å². The molecule has 1 heterocycles. The lowest BCUT2D eigenvalue weighted by atomic mass is 10.1. The fourth-order valence-electron chi connectivity index (χ4n) is 1.54. The van der Waals surface area contributed by atoms with E-state index in [1.54, 1.807) is 48.3 Å². The lowest BCUT2D eigenvalue weighted by Gasteiger charge is -2.12. The van der Waals surface area contributed by atoms with E-state index in [4.69, 9.17) is 23.2 Å². The predicted molar refractivity (Wildman–Crippen MR) is 67.7 cm³/mol. The van der Waals surface area contributed by atoms with Crippen molar-refractivity contribution >= 4 is 29.0 Å². The van der Waals surface area contributed by atoms with Crippen molar-refractivity contribution in [1.82, 2.24) is 9.78 Å². The van der Waals surface area contributed by atoms with Crippen LogP contribution in [0.4, 0.5) is 0 Å². The minimum absolute atomic E-state index is 0.0876. The van der Waals surface area contributed by atoms with Crippen LogP contribution in [0.3, 0.4) is 0 Å². The Kier molecular flexibility index (Phi) is 3.50. The molecule has 2 aromatic rings. The summed E-state index contributed by atoms with van der Waals surface area (Å²) < 4.78 is 1.59. The van der Waals surface area contributed by atoms with Crippen molar-refractivity contribution < 1.29 is 4.79 Å². The minimum atomic E-state index is -0.385. The molecule has 5 heteroatoms. The first-order valence-electron chi connectivity index (χ1n) is 5.08. The van der Waals surface area contributed by atoms with Gasteiger partial charge in [0, 0.05) is 23.0 Å². The molecular formula is C12H10Cl2N2O. The van der Waals surface area contributed by atoms with E-state index in [0.29, 0.717) is 15.6 Å². The van der Waals surface area contributed by atoms with Crippen LogP contribution in [0.2, 0.25) is 10.0 Å². The lowest BCUT2D eigenvalue weighted by molar-refractivity contribution is 0.0928. The van der Waals surface area contributed by atoms with Gasteiger partial charge in [0.15, 0.2) is 5.78 Å². The van der Waals surface area contributed by atoms with Gasteiger partial charge in [0.05, 0.1) is 5.02 Å². The molecule has 1 aromatic carbocycles. The van der Waals surface area contributed by atoms with E-state index in [2.05, 4.69) is 5.10 Å². The second-order valence-electron chi connectivity index (χ2n) is 3.65. The third-order valence-corrected chi connectivity index (χ3v) is 3.05. The zero-order chi connectivity index (χ0) is 12.4. The standard InChI is InChI=1S/C12H10Cl2N2O/c1-8(16-6-2-5-15-16)12(17)10-4-3-9(13)7-11(10)14/h2-8H,1H3. The maximum atomic E-state index is 12.2. The van der Waals surface area contributed by atoms with Crippen molar-refractivity contribution in [2.45, 2.75) is 13.0 Å². The van der Waals surface area contributed by atoms with E-state index in [-0.39, 0.29) is 11.8 Å². The van der Waals surface area contributed by atoms with Crippen molar-refractivity contribution in [3.8, 4) is 0 Å². The van der Waals surface area contributed by atoms with Gasteiger partial charge < -0.3 is 0 Å². The van der Waals surface area contributed by atoms with Crippen LogP contribution in [0.15, 0.2) is 36.7 Å². The molecule has 1 aromatic heterocycles. The number of Topliss-reactive ketones (excluding diaryl/α,β-unsaturated/α-hetero) is 1. The van der Waals surface area contributed by atoms with Crippen LogP contribution in [0.25, 0.3) is 0 Å². The molecule has 3 nitrogen and oxygen atoms in total. The van der Waals surface area contributed by atoms with E-state index in [1.807, 2.05) is 0 Å². The Morgan fingerprint density at radius 3 is 2.76 bits per heavy atom. The molecule has 0 radical (unpaired) electrons. The molecule has 0 aliphatic carbocycles. The van der Waals surface area contributed by atoms with Gasteiger partial charge in [-0.3, -0.25) is 9.48 Å². The summed E-state index contributed by atoms with van der Waals surface area (Å²) in [5.41, 5.74) is 0.457. The Bertz CT molecular complexity index is 537. The van der Waals surface area contributed by atoms with Crippen molar-refractivity contribution in [3.63, 3.8) is 0 Å². The molecule has 0 N–H and O–H groups in total. The molecule has 1 atom stereocenters. The third-order valence-electron chi connectivity index (χ3n) is 2.50. The number of aromatic nitrogens is 2. The van der Waals surface area contributed by atoms with Gasteiger partial charge in [0.2, 0.25) is 0 Å². The zero-order valence-corrected chi connectivity index (χ0v) is 10.6. The van der Waals surface area contributed by atoms with Crippen molar-refractivity contribution in [3.05, 3.63) is 52.3 Å². The molecule has 1 unspecified atom stereocenters. The van der Waals surface area contributed by atoms with Gasteiger partial charge in [-0.25, -0.2) is 0 Å². The first-order chi connectivity index (χ1) is 8.09. The summed E-state index contributed by atoms with van der Waals surface area (Å²) in [5, 5.41) is 4.91. The fourth-order valence-corrected chi connectivity index (χ4v) is 2.05. The Balaban J connectivity index is 2.31. The Hall–Kier alpha value is -1.32. The maximum absolute atomic E-state index is 12.2. The van der Waals surface area contributed by atoms with Gasteiger partial charge in [-0.15, -0.1) is 0 Å². The van der Waals surface area contributed by atoms with Crippen LogP contribution >= 0.6 is 23.2 Å². The Labute approximate surface area is 109 Å². The van der Waals surface area contributed by atoms with Gasteiger partial charge in [-0.2, -0.15) is 5.10 Å². The zero-order valence-electron chi connectivity index (χ0n) is 9.10. The SMILES string of the molecule is CC(C(=O)c1ccc(Cl)cc1Cl)n1cccn1. The molecule has 0 amide bonds. The summed E-state index contributed by atoms with van der Waals surface area (Å²) in [6.07, 6.45) is 3.37. The molecule has 88 valence electrons. The van der Waals surface area contributed by atoms with Gasteiger partial charge in [-0.1, -0.05) is 23.2 Å². The van der Waals surface area contributed by atoms with Crippen LogP contribution < -0.4 is 0 Å². The highest BCUT2D eigenvalue weighted by Crippen LogP contribution is 2.24. The lowest BCUT2D eigenvalue weighted by Crippen LogP contribution is -2.17. The van der Waals surface area contributed by atoms with E-state index in [0.717, 1.165) is 0 Å². The number of benzene rings is 1. The summed E-state index contributed by atoms with van der Waals surface area (Å²) in [5.74, 6) is -0.0876. The Morgan fingerprint density at radius 1 is 1.41 bits per heavy atom. The number of carbonyl (C=O) groups excluding carboxylic acids is 1. The summed E-state index contributed by atoms with van der Waals surface area (Å²) >= 11 is 11.8. The summed E-state index contributed by atoms with van der Waals surface area (Å²) in [6, 6.07) is 6.23. The number of nitrogens with zero attached hydrogens (tertiary/aromatic N) is 2. The maximum Gasteiger partial charge on any atom is 0.188 e. The number of halogens is 2. The molecule has 0 aliphatic rings. The molecule has 0 saturated carbocycles. The highest BCUT2D eigenvalue weighted by Gasteiger charge is 2.19. The minimum Gasteiger partial charge on any atom is -0.292 e. The quantitative estimate of drug-likeness (QED) is 0.797. The normalized spacial score (nSPS) is 12.4. The predicted octanol–water partition coefficient (Wildman–Crippen LogP) is 3.63. The number of hydrogen-bond donors (Lipinski definition) is 0. The number of hydrogen-bond acceptors (Lipinski definition) is 2. The smallest absolute Gasteiger partial charge is 0.188 e. The van der Waals surface area contributed by atoms with Gasteiger partial charge in [0.25, 0.3) is 0 Å². The topological polar surface area (TPSA) is 34.9 Å². The molecule has 0 fully saturated rings. The van der Waals surface area contributed by atoms with E-state index in [9.17, 15) is 4.79 Å². The monoisotopic (exact) mass is 268 g/mol. The van der Waals surface area contributed by atoms with Crippen LogP contribution in [0.5, 0.6) is 0 Å². The second kappa shape index (κ2) is 4.90. The Morgan fingerprint density at radius 2 is 2.18 bits per heavy atom. The van der Waals surface area contributed by atoms with E-state index < -0.39 is 0 Å². The molecular weight excluding hydrogens is 259 g/mol. The average molecular weight is 269 g/mol. The summed E-state index contributed by atoms with van der Waals surface area (Å²) in [7, 11) is 0. The number of rotatable bonds is 3. The van der Waals surface area contributed by atoms with Gasteiger partial charge >= 0.3 is 0 Å². The fraction of sp³-hybridized carbons (Fsp3) is 0.167. The second-order valence-corrected chi connectivity index (χ2v) is 4.49. The molecule has 17 heavy (non-hydrogen) atoms. The molecule has 0 spiro atoms. The molecule has 2 rings (SSSR count). The van der Waals surface area contributed by atoms with E-state index >= 15 is 0 Å². The summed E-state index contributed by atoms with van der Waals surface area (Å²) in [6.45, 7) is 1.78.